The van der Waals surface area contributed by atoms with Crippen molar-refractivity contribution in [2.45, 2.75) is 32.6 Å². The summed E-state index contributed by atoms with van der Waals surface area (Å²) in [4.78, 5) is 9.76. The Morgan fingerprint density at radius 1 is 1.29 bits per heavy atom. The van der Waals surface area contributed by atoms with Crippen molar-refractivity contribution in [3.63, 3.8) is 0 Å². The molecule has 24 heavy (non-hydrogen) atoms. The Morgan fingerprint density at radius 2 is 2.00 bits per heavy atom. The van der Waals surface area contributed by atoms with Crippen LogP contribution in [0.2, 0.25) is 0 Å². The van der Waals surface area contributed by atoms with Gasteiger partial charge in [-0.2, -0.15) is 13.5 Å². The molecule has 1 heterocycles. The van der Waals surface area contributed by atoms with E-state index in [0.717, 1.165) is 28.7 Å². The number of hydrazone groups is 1. The largest absolute Gasteiger partial charge is 0.349 e. The normalized spacial score (nSPS) is 11.8. The third-order valence-electron chi connectivity index (χ3n) is 3.54. The van der Waals surface area contributed by atoms with Gasteiger partial charge in [-0.3, -0.25) is 0 Å². The number of nitrogens with zero attached hydrogens (tertiary/aromatic N) is 3. The molecule has 0 saturated carbocycles. The second kappa shape index (κ2) is 7.76. The number of hydrogen-bond donors (Lipinski definition) is 1. The molecule has 0 unspecified atom stereocenters. The van der Waals surface area contributed by atoms with Crippen molar-refractivity contribution < 1.29 is 8.42 Å². The summed E-state index contributed by atoms with van der Waals surface area (Å²) in [6.07, 6.45) is 3.17. The van der Waals surface area contributed by atoms with Gasteiger partial charge in [0.1, 0.15) is 0 Å². The van der Waals surface area contributed by atoms with Crippen molar-refractivity contribution in [1.82, 2.24) is 9.82 Å². The summed E-state index contributed by atoms with van der Waals surface area (Å²) >= 11 is 1.47. The van der Waals surface area contributed by atoms with Gasteiger partial charge in [-0.15, -0.1) is 0 Å². The van der Waals surface area contributed by atoms with Crippen LogP contribution in [-0.2, 0) is 10.0 Å². The lowest BCUT2D eigenvalue weighted by Gasteiger charge is -2.16. The van der Waals surface area contributed by atoms with Crippen LogP contribution in [0.5, 0.6) is 0 Å². The van der Waals surface area contributed by atoms with Gasteiger partial charge in [-0.1, -0.05) is 23.5 Å². The van der Waals surface area contributed by atoms with E-state index in [2.05, 4.69) is 33.7 Å². The van der Waals surface area contributed by atoms with Gasteiger partial charge >= 0.3 is 0 Å². The first-order valence-electron chi connectivity index (χ1n) is 7.70. The average Bonchev–Trinajstić information content (AvgIpc) is 2.99. The topological polar surface area (TPSA) is 74.7 Å². The van der Waals surface area contributed by atoms with E-state index in [1.165, 1.54) is 17.6 Å². The number of benzene rings is 1. The molecule has 1 N–H and O–H groups in total. The maximum Gasteiger partial charge on any atom is 0.276 e. The molecule has 1 aromatic carbocycles. The maximum atomic E-state index is 12.4. The second-order valence-corrected chi connectivity index (χ2v) is 8.01. The van der Waals surface area contributed by atoms with Crippen molar-refractivity contribution >= 4 is 32.7 Å². The fourth-order valence-corrected chi connectivity index (χ4v) is 4.22. The highest BCUT2D eigenvalue weighted by Crippen LogP contribution is 2.21. The van der Waals surface area contributed by atoms with Gasteiger partial charge in [0, 0.05) is 19.3 Å². The number of nitrogens with one attached hydrogen (secondary N) is 1. The highest BCUT2D eigenvalue weighted by molar-refractivity contribution is 7.89. The standard InChI is InChI=1S/C16H22N4O2S2/c1-5-20(6-2)16-17-10-14(23-16)11-18-19-24(21,22)15-9-12(3)7-8-13(15)4/h7-11,19H,5-6H2,1-4H3/b18-11-. The summed E-state index contributed by atoms with van der Waals surface area (Å²) in [5.41, 5.74) is 1.57. The minimum atomic E-state index is -3.68. The second-order valence-electron chi connectivity index (χ2n) is 5.34. The Morgan fingerprint density at radius 3 is 2.67 bits per heavy atom. The monoisotopic (exact) mass is 366 g/mol. The van der Waals surface area contributed by atoms with E-state index in [-0.39, 0.29) is 4.90 Å². The van der Waals surface area contributed by atoms with E-state index >= 15 is 0 Å². The zero-order valence-corrected chi connectivity index (χ0v) is 15.9. The predicted molar refractivity (Wildman–Crippen MR) is 99.5 cm³/mol. The molecule has 2 rings (SSSR count). The number of hydrogen-bond acceptors (Lipinski definition) is 6. The number of aromatic nitrogens is 1. The van der Waals surface area contributed by atoms with Crippen molar-refractivity contribution in [3.05, 3.63) is 40.4 Å². The Hall–Kier alpha value is -1.93. The Balaban J connectivity index is 2.12. The number of thiazole rings is 1. The van der Waals surface area contributed by atoms with Gasteiger partial charge in [0.2, 0.25) is 0 Å². The first-order chi connectivity index (χ1) is 11.4. The van der Waals surface area contributed by atoms with Crippen LogP contribution < -0.4 is 9.73 Å². The number of anilines is 1. The molecule has 6 nitrogen and oxygen atoms in total. The van der Waals surface area contributed by atoms with E-state index in [0.29, 0.717) is 5.56 Å². The van der Waals surface area contributed by atoms with Gasteiger partial charge in [-0.05, 0) is 44.9 Å². The molecular formula is C16H22N4O2S2. The summed E-state index contributed by atoms with van der Waals surface area (Å²) in [6, 6.07) is 5.30. The molecule has 0 amide bonds. The minimum Gasteiger partial charge on any atom is -0.349 e. The van der Waals surface area contributed by atoms with E-state index in [4.69, 9.17) is 0 Å². The van der Waals surface area contributed by atoms with E-state index in [1.807, 2.05) is 13.0 Å². The summed E-state index contributed by atoms with van der Waals surface area (Å²) in [5, 5.41) is 4.78. The quantitative estimate of drug-likeness (QED) is 0.604. The molecule has 0 fully saturated rings. The molecule has 1 aromatic heterocycles. The first kappa shape index (κ1) is 18.4. The fraction of sp³-hybridized carbons (Fsp3) is 0.375. The molecule has 130 valence electrons. The van der Waals surface area contributed by atoms with Gasteiger partial charge in [-0.25, -0.2) is 9.82 Å². The summed E-state index contributed by atoms with van der Waals surface area (Å²) in [6.45, 7) is 9.50. The van der Waals surface area contributed by atoms with Crippen LogP contribution in [0.15, 0.2) is 34.4 Å². The molecule has 0 aliphatic rings. The predicted octanol–water partition coefficient (Wildman–Crippen LogP) is 2.92. The molecule has 8 heteroatoms. The summed E-state index contributed by atoms with van der Waals surface area (Å²) in [7, 11) is -3.68. The molecule has 0 aliphatic heterocycles. The zero-order valence-electron chi connectivity index (χ0n) is 14.3. The molecule has 0 atom stereocenters. The summed E-state index contributed by atoms with van der Waals surface area (Å²) < 4.78 is 24.7. The third kappa shape index (κ3) is 4.33. The maximum absolute atomic E-state index is 12.4. The Bertz CT molecular complexity index is 824. The van der Waals surface area contributed by atoms with Crippen LogP contribution >= 0.6 is 11.3 Å². The van der Waals surface area contributed by atoms with Gasteiger partial charge < -0.3 is 4.90 Å². The number of sulfonamides is 1. The highest BCUT2D eigenvalue weighted by atomic mass is 32.2. The third-order valence-corrected chi connectivity index (χ3v) is 5.90. The molecule has 0 saturated heterocycles. The molecule has 2 aromatic rings. The van der Waals surface area contributed by atoms with Crippen LogP contribution in [0.25, 0.3) is 0 Å². The van der Waals surface area contributed by atoms with E-state index in [1.54, 1.807) is 25.3 Å². The van der Waals surface area contributed by atoms with Gasteiger partial charge in [0.15, 0.2) is 5.13 Å². The lowest BCUT2D eigenvalue weighted by Crippen LogP contribution is -2.21. The smallest absolute Gasteiger partial charge is 0.276 e. The number of rotatable bonds is 7. The number of aryl methyl sites for hydroxylation is 2. The van der Waals surface area contributed by atoms with E-state index in [9.17, 15) is 8.42 Å². The first-order valence-corrected chi connectivity index (χ1v) is 10.00. The molecule has 0 radical (unpaired) electrons. The molecular weight excluding hydrogens is 344 g/mol. The lowest BCUT2D eigenvalue weighted by atomic mass is 10.2. The Kier molecular flexibility index (Phi) is 5.95. The van der Waals surface area contributed by atoms with Crippen molar-refractivity contribution in [1.29, 1.82) is 0 Å². The van der Waals surface area contributed by atoms with Crippen LogP contribution in [0, 0.1) is 13.8 Å². The lowest BCUT2D eigenvalue weighted by molar-refractivity contribution is 0.584. The van der Waals surface area contributed by atoms with Crippen molar-refractivity contribution in [3.8, 4) is 0 Å². The minimum absolute atomic E-state index is 0.243. The zero-order chi connectivity index (χ0) is 17.7. The fourth-order valence-electron chi connectivity index (χ4n) is 2.18. The van der Waals surface area contributed by atoms with Gasteiger partial charge in [0.05, 0.1) is 16.0 Å². The SMILES string of the molecule is CCN(CC)c1ncc(/C=N\NS(=O)(=O)c2cc(C)ccc2C)s1. The molecule has 0 bridgehead atoms. The average molecular weight is 367 g/mol. The summed E-state index contributed by atoms with van der Waals surface area (Å²) in [5.74, 6) is 0. The Labute approximate surface area is 147 Å². The highest BCUT2D eigenvalue weighted by Gasteiger charge is 2.16. The van der Waals surface area contributed by atoms with Crippen molar-refractivity contribution in [2.24, 2.45) is 5.10 Å². The van der Waals surface area contributed by atoms with Crippen molar-refractivity contribution in [2.75, 3.05) is 18.0 Å². The molecule has 0 spiro atoms. The van der Waals surface area contributed by atoms with Gasteiger partial charge in [0.25, 0.3) is 10.0 Å². The van der Waals surface area contributed by atoms with Crippen LogP contribution in [-0.4, -0.2) is 32.7 Å². The van der Waals surface area contributed by atoms with Crippen LogP contribution in [0.1, 0.15) is 29.9 Å². The van der Waals surface area contributed by atoms with Crippen LogP contribution in [0.3, 0.4) is 0 Å². The van der Waals surface area contributed by atoms with Crippen LogP contribution in [0.4, 0.5) is 5.13 Å². The van der Waals surface area contributed by atoms with E-state index < -0.39 is 10.0 Å². The molecule has 0 aliphatic carbocycles.